The Labute approximate surface area is 101 Å². The van der Waals surface area contributed by atoms with Crippen molar-refractivity contribution in [1.82, 2.24) is 5.32 Å². The molecule has 1 rings (SSSR count). The molecule has 5 nitrogen and oxygen atoms in total. The summed E-state index contributed by atoms with van der Waals surface area (Å²) >= 11 is 0. The second-order valence-corrected chi connectivity index (χ2v) is 3.53. The summed E-state index contributed by atoms with van der Waals surface area (Å²) in [7, 11) is 6.42. The third kappa shape index (κ3) is 3.01. The molecule has 0 saturated carbocycles. The number of ether oxygens (including phenoxy) is 3. The smallest absolute Gasteiger partial charge is 0.203 e. The first kappa shape index (κ1) is 13.6. The summed E-state index contributed by atoms with van der Waals surface area (Å²) in [6, 6.07) is 3.48. The monoisotopic (exact) mass is 241 g/mol. The Morgan fingerprint density at radius 1 is 1.12 bits per heavy atom. The van der Waals surface area contributed by atoms with E-state index in [0.29, 0.717) is 29.4 Å². The van der Waals surface area contributed by atoms with Crippen molar-refractivity contribution in [2.24, 2.45) is 0 Å². The van der Waals surface area contributed by atoms with Gasteiger partial charge in [0, 0.05) is 6.54 Å². The molecule has 0 heterocycles. The van der Waals surface area contributed by atoms with Gasteiger partial charge in [0.25, 0.3) is 0 Å². The van der Waals surface area contributed by atoms with Crippen LogP contribution in [0, 0.1) is 0 Å². The molecule has 1 atom stereocenters. The van der Waals surface area contributed by atoms with Gasteiger partial charge in [0.05, 0.1) is 27.4 Å². The molecule has 96 valence electrons. The van der Waals surface area contributed by atoms with E-state index in [-0.39, 0.29) is 0 Å². The molecule has 2 N–H and O–H groups in total. The second-order valence-electron chi connectivity index (χ2n) is 3.53. The van der Waals surface area contributed by atoms with Crippen molar-refractivity contribution in [1.29, 1.82) is 0 Å². The molecule has 0 fully saturated rings. The summed E-state index contributed by atoms with van der Waals surface area (Å²) in [6.45, 7) is 0.457. The van der Waals surface area contributed by atoms with E-state index >= 15 is 0 Å². The van der Waals surface area contributed by atoms with Gasteiger partial charge in [0.15, 0.2) is 11.5 Å². The quantitative estimate of drug-likeness (QED) is 0.777. The van der Waals surface area contributed by atoms with E-state index < -0.39 is 6.10 Å². The van der Waals surface area contributed by atoms with Crippen molar-refractivity contribution in [3.05, 3.63) is 17.7 Å². The first-order valence-corrected chi connectivity index (χ1v) is 5.30. The van der Waals surface area contributed by atoms with Gasteiger partial charge in [-0.2, -0.15) is 0 Å². The van der Waals surface area contributed by atoms with Crippen molar-refractivity contribution in [2.75, 3.05) is 34.9 Å². The average molecular weight is 241 g/mol. The van der Waals surface area contributed by atoms with E-state index in [9.17, 15) is 5.11 Å². The number of aliphatic hydroxyl groups excluding tert-OH is 1. The Balaban J connectivity index is 3.17. The van der Waals surface area contributed by atoms with Gasteiger partial charge in [-0.05, 0) is 24.7 Å². The normalized spacial score (nSPS) is 12.1. The van der Waals surface area contributed by atoms with Gasteiger partial charge in [-0.25, -0.2) is 0 Å². The highest BCUT2D eigenvalue weighted by atomic mass is 16.5. The molecule has 0 aliphatic carbocycles. The highest BCUT2D eigenvalue weighted by Crippen LogP contribution is 2.39. The molecule has 0 aliphatic heterocycles. The first-order chi connectivity index (χ1) is 8.17. The molecule has 1 aromatic rings. The van der Waals surface area contributed by atoms with Crippen molar-refractivity contribution in [2.45, 2.75) is 6.10 Å². The van der Waals surface area contributed by atoms with Crippen LogP contribution < -0.4 is 19.5 Å². The van der Waals surface area contributed by atoms with Crippen molar-refractivity contribution in [3.8, 4) is 17.2 Å². The van der Waals surface area contributed by atoms with Crippen LogP contribution in [0.15, 0.2) is 12.1 Å². The Hall–Kier alpha value is -1.46. The van der Waals surface area contributed by atoms with Gasteiger partial charge in [-0.15, -0.1) is 0 Å². The Morgan fingerprint density at radius 3 is 2.00 bits per heavy atom. The second kappa shape index (κ2) is 6.32. The number of methoxy groups -OCH3 is 3. The maximum absolute atomic E-state index is 9.91. The fourth-order valence-corrected chi connectivity index (χ4v) is 1.60. The summed E-state index contributed by atoms with van der Waals surface area (Å²) in [4.78, 5) is 0. The van der Waals surface area contributed by atoms with Gasteiger partial charge < -0.3 is 24.6 Å². The minimum absolute atomic E-state index is 0.457. The third-order valence-electron chi connectivity index (χ3n) is 2.47. The van der Waals surface area contributed by atoms with Crippen LogP contribution in [-0.2, 0) is 0 Å². The SMILES string of the molecule is CNC[C@H](O)c1cc(OC)c(OC)c(OC)c1. The van der Waals surface area contributed by atoms with Gasteiger partial charge in [-0.3, -0.25) is 0 Å². The Morgan fingerprint density at radius 2 is 1.65 bits per heavy atom. The van der Waals surface area contributed by atoms with E-state index in [4.69, 9.17) is 14.2 Å². The third-order valence-corrected chi connectivity index (χ3v) is 2.47. The lowest BCUT2D eigenvalue weighted by molar-refractivity contribution is 0.176. The maximum Gasteiger partial charge on any atom is 0.203 e. The molecular weight excluding hydrogens is 222 g/mol. The lowest BCUT2D eigenvalue weighted by Crippen LogP contribution is -2.16. The standard InChI is InChI=1S/C12H19NO4/c1-13-7-9(14)8-5-10(15-2)12(17-4)11(6-8)16-3/h5-6,9,13-14H,7H2,1-4H3/t9-/m0/s1. The van der Waals surface area contributed by atoms with Crippen molar-refractivity contribution >= 4 is 0 Å². The molecule has 0 aliphatic rings. The van der Waals surface area contributed by atoms with Gasteiger partial charge >= 0.3 is 0 Å². The van der Waals surface area contributed by atoms with Crippen LogP contribution in [0.3, 0.4) is 0 Å². The van der Waals surface area contributed by atoms with E-state index in [1.807, 2.05) is 0 Å². The first-order valence-electron chi connectivity index (χ1n) is 5.30. The number of aliphatic hydroxyl groups is 1. The lowest BCUT2D eigenvalue weighted by atomic mass is 10.1. The zero-order valence-corrected chi connectivity index (χ0v) is 10.6. The summed E-state index contributed by atoms with van der Waals surface area (Å²) in [5.74, 6) is 1.60. The van der Waals surface area contributed by atoms with Crippen LogP contribution in [0.5, 0.6) is 17.2 Å². The van der Waals surface area contributed by atoms with Crippen LogP contribution >= 0.6 is 0 Å². The number of rotatable bonds is 6. The molecule has 17 heavy (non-hydrogen) atoms. The predicted molar refractivity (Wildman–Crippen MR) is 65.0 cm³/mol. The average Bonchev–Trinajstić information content (AvgIpc) is 2.37. The minimum atomic E-state index is -0.617. The molecule has 0 spiro atoms. The summed E-state index contributed by atoms with van der Waals surface area (Å²) in [5.41, 5.74) is 0.717. The number of hydrogen-bond acceptors (Lipinski definition) is 5. The topological polar surface area (TPSA) is 60.0 Å². The number of likely N-dealkylation sites (N-methyl/N-ethyl adjacent to an activating group) is 1. The number of benzene rings is 1. The van der Waals surface area contributed by atoms with E-state index in [0.717, 1.165) is 0 Å². The number of nitrogens with one attached hydrogen (secondary N) is 1. The lowest BCUT2D eigenvalue weighted by Gasteiger charge is -2.16. The van der Waals surface area contributed by atoms with Crippen LogP contribution in [0.2, 0.25) is 0 Å². The molecule has 1 aromatic carbocycles. The molecule has 0 amide bonds. The van der Waals surface area contributed by atoms with Crippen LogP contribution in [-0.4, -0.2) is 40.0 Å². The molecule has 0 saturated heterocycles. The van der Waals surface area contributed by atoms with E-state index in [2.05, 4.69) is 5.32 Å². The molecule has 0 radical (unpaired) electrons. The van der Waals surface area contributed by atoms with Crippen LogP contribution in [0.4, 0.5) is 0 Å². The zero-order valence-electron chi connectivity index (χ0n) is 10.6. The van der Waals surface area contributed by atoms with Gasteiger partial charge in [0.2, 0.25) is 5.75 Å². The molecular formula is C12H19NO4. The van der Waals surface area contributed by atoms with E-state index in [1.54, 1.807) is 40.5 Å². The van der Waals surface area contributed by atoms with Crippen molar-refractivity contribution < 1.29 is 19.3 Å². The highest BCUT2D eigenvalue weighted by Gasteiger charge is 2.16. The van der Waals surface area contributed by atoms with Crippen LogP contribution in [0.1, 0.15) is 11.7 Å². The molecule has 0 bridgehead atoms. The van der Waals surface area contributed by atoms with Crippen LogP contribution in [0.25, 0.3) is 0 Å². The fraction of sp³-hybridized carbons (Fsp3) is 0.500. The van der Waals surface area contributed by atoms with Gasteiger partial charge in [-0.1, -0.05) is 0 Å². The molecule has 0 aromatic heterocycles. The summed E-state index contributed by atoms with van der Waals surface area (Å²) < 4.78 is 15.6. The molecule has 5 heteroatoms. The summed E-state index contributed by atoms with van der Waals surface area (Å²) in [5, 5.41) is 12.8. The maximum atomic E-state index is 9.91. The number of hydrogen-bond donors (Lipinski definition) is 2. The fourth-order valence-electron chi connectivity index (χ4n) is 1.60. The van der Waals surface area contributed by atoms with E-state index in [1.165, 1.54) is 0 Å². The zero-order chi connectivity index (χ0) is 12.8. The predicted octanol–water partition coefficient (Wildman–Crippen LogP) is 0.965. The largest absolute Gasteiger partial charge is 0.493 e. The van der Waals surface area contributed by atoms with Gasteiger partial charge in [0.1, 0.15) is 0 Å². The highest BCUT2D eigenvalue weighted by molar-refractivity contribution is 5.54. The van der Waals surface area contributed by atoms with Crippen molar-refractivity contribution in [3.63, 3.8) is 0 Å². The summed E-state index contributed by atoms with van der Waals surface area (Å²) in [6.07, 6.45) is -0.617. The molecule has 0 unspecified atom stereocenters. The minimum Gasteiger partial charge on any atom is -0.493 e. The Bertz CT molecular complexity index is 343. The Kier molecular flexibility index (Phi) is 5.06.